The smallest absolute Gasteiger partial charge is 0.341 e. The van der Waals surface area contributed by atoms with E-state index < -0.39 is 9.24 Å². The summed E-state index contributed by atoms with van der Waals surface area (Å²) in [6, 6.07) is -0.0470. The lowest BCUT2D eigenvalue weighted by Gasteiger charge is -1.89. The molecule has 62 valence electrons. The van der Waals surface area contributed by atoms with Crippen molar-refractivity contribution in [1.82, 2.24) is 14.2 Å². The summed E-state index contributed by atoms with van der Waals surface area (Å²) in [5.74, 6) is 0. The predicted octanol–water partition coefficient (Wildman–Crippen LogP) is -0.382. The molecule has 0 saturated heterocycles. The molecule has 0 atom stereocenters. The lowest BCUT2D eigenvalue weighted by atomic mass is 11.2. The SMILES string of the molecule is COc1ncn(S(=O)(=O)Cl)n1. The molecule has 0 aliphatic carbocycles. The molecule has 0 aliphatic rings. The van der Waals surface area contributed by atoms with Crippen LogP contribution in [0.5, 0.6) is 6.01 Å². The Labute approximate surface area is 67.3 Å². The van der Waals surface area contributed by atoms with Gasteiger partial charge in [0.15, 0.2) is 0 Å². The van der Waals surface area contributed by atoms with Crippen LogP contribution < -0.4 is 4.74 Å². The molecule has 1 aromatic heterocycles. The van der Waals surface area contributed by atoms with E-state index in [-0.39, 0.29) is 6.01 Å². The van der Waals surface area contributed by atoms with Gasteiger partial charge < -0.3 is 4.74 Å². The van der Waals surface area contributed by atoms with Gasteiger partial charge in [-0.25, -0.2) is 0 Å². The molecule has 0 N–H and O–H groups in total. The van der Waals surface area contributed by atoms with Crippen LogP contribution in [0.15, 0.2) is 6.33 Å². The van der Waals surface area contributed by atoms with Gasteiger partial charge in [-0.2, -0.15) is 13.4 Å². The summed E-state index contributed by atoms with van der Waals surface area (Å²) < 4.78 is 26.1. The van der Waals surface area contributed by atoms with E-state index in [1.807, 2.05) is 0 Å². The molecule has 0 aromatic carbocycles. The minimum absolute atomic E-state index is 0.0470. The van der Waals surface area contributed by atoms with Crippen LogP contribution in [0.4, 0.5) is 0 Å². The zero-order valence-electron chi connectivity index (χ0n) is 5.43. The Hall–Kier alpha value is -0.820. The summed E-state index contributed by atoms with van der Waals surface area (Å²) in [6.45, 7) is 0. The average Bonchev–Trinajstić information content (AvgIpc) is 2.32. The van der Waals surface area contributed by atoms with Crippen LogP contribution in [0.1, 0.15) is 0 Å². The Bertz CT molecular complexity index is 344. The fourth-order valence-corrected chi connectivity index (χ4v) is 0.960. The van der Waals surface area contributed by atoms with E-state index in [0.717, 1.165) is 6.33 Å². The van der Waals surface area contributed by atoms with Gasteiger partial charge in [-0.1, -0.05) is 5.10 Å². The molecule has 8 heteroatoms. The molecule has 1 rings (SSSR count). The summed E-state index contributed by atoms with van der Waals surface area (Å²) in [4.78, 5) is 3.47. The second-order valence-corrected chi connectivity index (χ2v) is 3.91. The van der Waals surface area contributed by atoms with Crippen LogP contribution in [0, 0.1) is 0 Å². The molecular formula is C3H4ClN3O3S. The zero-order valence-corrected chi connectivity index (χ0v) is 7.00. The van der Waals surface area contributed by atoms with Crippen LogP contribution in [0.25, 0.3) is 0 Å². The molecule has 6 nitrogen and oxygen atoms in total. The van der Waals surface area contributed by atoms with E-state index in [1.165, 1.54) is 7.11 Å². The van der Waals surface area contributed by atoms with Gasteiger partial charge in [0.2, 0.25) is 0 Å². The van der Waals surface area contributed by atoms with Crippen molar-refractivity contribution >= 4 is 19.9 Å². The monoisotopic (exact) mass is 197 g/mol. The third-order valence-corrected chi connectivity index (χ3v) is 1.90. The number of rotatable bonds is 2. The Kier molecular flexibility index (Phi) is 2.01. The maximum absolute atomic E-state index is 10.5. The Morgan fingerprint density at radius 3 is 2.64 bits per heavy atom. The fraction of sp³-hybridized carbons (Fsp3) is 0.333. The van der Waals surface area contributed by atoms with Crippen molar-refractivity contribution in [3.8, 4) is 6.01 Å². The van der Waals surface area contributed by atoms with Gasteiger partial charge in [-0.3, -0.25) is 0 Å². The molecule has 0 spiro atoms. The molecule has 0 fully saturated rings. The highest BCUT2D eigenvalue weighted by molar-refractivity contribution is 8.12. The van der Waals surface area contributed by atoms with Gasteiger partial charge in [0.05, 0.1) is 7.11 Å². The summed E-state index contributed by atoms with van der Waals surface area (Å²) in [7, 11) is 2.37. The number of hydrogen-bond donors (Lipinski definition) is 0. The second kappa shape index (κ2) is 2.67. The van der Waals surface area contributed by atoms with Crippen LogP contribution in [-0.2, 0) is 9.24 Å². The lowest BCUT2D eigenvalue weighted by Crippen LogP contribution is -2.05. The summed E-state index contributed by atoms with van der Waals surface area (Å²) in [5.41, 5.74) is 0. The number of methoxy groups -OCH3 is 1. The van der Waals surface area contributed by atoms with Gasteiger partial charge in [-0.05, 0) is 0 Å². The van der Waals surface area contributed by atoms with Crippen LogP contribution >= 0.6 is 10.7 Å². The van der Waals surface area contributed by atoms with Crippen molar-refractivity contribution < 1.29 is 13.2 Å². The minimum atomic E-state index is -3.86. The fourth-order valence-electron chi connectivity index (χ4n) is 0.433. The van der Waals surface area contributed by atoms with E-state index in [2.05, 4.69) is 14.8 Å². The first-order valence-electron chi connectivity index (χ1n) is 2.45. The van der Waals surface area contributed by atoms with Crippen molar-refractivity contribution in [2.75, 3.05) is 7.11 Å². The standard InChI is InChI=1S/C3H4ClN3O3S/c1-10-3-5-2-7(6-3)11(4,8)9/h2H,1H3. The number of halogens is 1. The third kappa shape index (κ3) is 1.81. The van der Waals surface area contributed by atoms with Crippen molar-refractivity contribution in [1.29, 1.82) is 0 Å². The molecule has 0 bridgehead atoms. The van der Waals surface area contributed by atoms with Crippen LogP contribution in [0.3, 0.4) is 0 Å². The van der Waals surface area contributed by atoms with Crippen molar-refractivity contribution in [3.63, 3.8) is 0 Å². The summed E-state index contributed by atoms with van der Waals surface area (Å²) in [5, 5.41) is 3.36. The Balaban J connectivity index is 3.09. The topological polar surface area (TPSA) is 74.1 Å². The number of aromatic nitrogens is 3. The first-order chi connectivity index (χ1) is 5.04. The predicted molar refractivity (Wildman–Crippen MR) is 36.7 cm³/mol. The van der Waals surface area contributed by atoms with Gasteiger partial charge in [0, 0.05) is 10.7 Å². The number of hydrogen-bond acceptors (Lipinski definition) is 5. The third-order valence-electron chi connectivity index (χ3n) is 0.857. The van der Waals surface area contributed by atoms with E-state index in [0.29, 0.717) is 4.09 Å². The molecule has 0 aliphatic heterocycles. The molecule has 0 radical (unpaired) electrons. The Morgan fingerprint density at radius 1 is 1.73 bits per heavy atom. The zero-order chi connectivity index (χ0) is 8.48. The normalized spacial score (nSPS) is 11.5. The minimum Gasteiger partial charge on any atom is -0.466 e. The van der Waals surface area contributed by atoms with Crippen molar-refractivity contribution in [3.05, 3.63) is 6.33 Å². The number of nitrogens with zero attached hydrogens (tertiary/aromatic N) is 3. The largest absolute Gasteiger partial charge is 0.466 e. The highest BCUT2D eigenvalue weighted by atomic mass is 35.7. The molecule has 0 unspecified atom stereocenters. The van der Waals surface area contributed by atoms with E-state index >= 15 is 0 Å². The molecule has 1 aromatic rings. The molecular weight excluding hydrogens is 194 g/mol. The maximum atomic E-state index is 10.5. The van der Waals surface area contributed by atoms with Gasteiger partial charge in [0.1, 0.15) is 6.33 Å². The molecule has 0 saturated carbocycles. The first-order valence-corrected chi connectivity index (χ1v) is 4.71. The van der Waals surface area contributed by atoms with E-state index in [4.69, 9.17) is 10.7 Å². The second-order valence-electron chi connectivity index (χ2n) is 1.55. The first kappa shape index (κ1) is 8.28. The van der Waals surface area contributed by atoms with Crippen molar-refractivity contribution in [2.24, 2.45) is 0 Å². The van der Waals surface area contributed by atoms with Gasteiger partial charge >= 0.3 is 15.2 Å². The van der Waals surface area contributed by atoms with Crippen LogP contribution in [-0.4, -0.2) is 29.7 Å². The molecule has 11 heavy (non-hydrogen) atoms. The average molecular weight is 198 g/mol. The highest BCUT2D eigenvalue weighted by Gasteiger charge is 2.10. The van der Waals surface area contributed by atoms with Crippen LogP contribution in [0.2, 0.25) is 0 Å². The van der Waals surface area contributed by atoms with E-state index in [1.54, 1.807) is 0 Å². The van der Waals surface area contributed by atoms with E-state index in [9.17, 15) is 8.42 Å². The summed E-state index contributed by atoms with van der Waals surface area (Å²) in [6.07, 6.45) is 0.946. The Morgan fingerprint density at radius 2 is 2.36 bits per heavy atom. The molecule has 0 amide bonds. The quantitative estimate of drug-likeness (QED) is 0.604. The molecule has 1 heterocycles. The van der Waals surface area contributed by atoms with Gasteiger partial charge in [-0.15, -0.1) is 4.09 Å². The lowest BCUT2D eigenvalue weighted by molar-refractivity contribution is 0.380. The van der Waals surface area contributed by atoms with Gasteiger partial charge in [0.25, 0.3) is 0 Å². The summed E-state index contributed by atoms with van der Waals surface area (Å²) >= 11 is 0. The van der Waals surface area contributed by atoms with Crippen molar-refractivity contribution in [2.45, 2.75) is 0 Å². The number of ether oxygens (including phenoxy) is 1. The maximum Gasteiger partial charge on any atom is 0.341 e. The highest BCUT2D eigenvalue weighted by Crippen LogP contribution is 2.04.